The highest BCUT2D eigenvalue weighted by Gasteiger charge is 2.27. The Bertz CT molecular complexity index is 543. The van der Waals surface area contributed by atoms with Gasteiger partial charge in [0, 0.05) is 13.2 Å². The van der Waals surface area contributed by atoms with Crippen molar-refractivity contribution in [1.29, 1.82) is 0 Å². The van der Waals surface area contributed by atoms with E-state index in [-0.39, 0.29) is 5.69 Å². The minimum Gasteiger partial charge on any atom is -0.480 e. The summed E-state index contributed by atoms with van der Waals surface area (Å²) in [7, 11) is -2.46. The number of carboxylic acids is 1. The van der Waals surface area contributed by atoms with Crippen LogP contribution in [0.1, 0.15) is 6.92 Å². The first kappa shape index (κ1) is 16.2. The summed E-state index contributed by atoms with van der Waals surface area (Å²) < 4.78 is 35.5. The van der Waals surface area contributed by atoms with Crippen LogP contribution in [0.15, 0.2) is 18.3 Å². The molecule has 20 heavy (non-hydrogen) atoms. The van der Waals surface area contributed by atoms with Gasteiger partial charge >= 0.3 is 5.97 Å². The molecule has 0 fully saturated rings. The molecule has 1 aromatic rings. The van der Waals surface area contributed by atoms with Crippen LogP contribution in [-0.4, -0.2) is 50.1 Å². The van der Waals surface area contributed by atoms with E-state index in [0.717, 1.165) is 6.92 Å². The normalized spacial score (nSPS) is 12.7. The van der Waals surface area contributed by atoms with E-state index < -0.39 is 21.2 Å². The van der Waals surface area contributed by atoms with Crippen molar-refractivity contribution in [3.05, 3.63) is 18.3 Å². The Balaban J connectivity index is 2.68. The van der Waals surface area contributed by atoms with E-state index in [4.69, 9.17) is 14.6 Å². The number of aliphatic carboxylic acids is 1. The second kappa shape index (κ2) is 7.06. The molecule has 0 aromatic carbocycles. The highest BCUT2D eigenvalue weighted by molar-refractivity contribution is 7.94. The lowest BCUT2D eigenvalue weighted by Crippen LogP contribution is -2.32. The number of ether oxygens (including phenoxy) is 2. The summed E-state index contributed by atoms with van der Waals surface area (Å²) in [6.07, 6.45) is 1.24. The number of anilines is 1. The summed E-state index contributed by atoms with van der Waals surface area (Å²) in [4.78, 5) is 14.6. The van der Waals surface area contributed by atoms with Crippen molar-refractivity contribution in [2.24, 2.45) is 0 Å². The van der Waals surface area contributed by atoms with Crippen molar-refractivity contribution in [1.82, 2.24) is 4.98 Å². The molecule has 0 aliphatic heterocycles. The van der Waals surface area contributed by atoms with Crippen molar-refractivity contribution in [3.8, 4) is 5.88 Å². The maximum atomic E-state index is 11.7. The molecule has 112 valence electrons. The molecule has 0 radical (unpaired) electrons. The Morgan fingerprint density at radius 3 is 2.65 bits per heavy atom. The van der Waals surface area contributed by atoms with Crippen molar-refractivity contribution < 1.29 is 27.8 Å². The summed E-state index contributed by atoms with van der Waals surface area (Å²) >= 11 is 0. The van der Waals surface area contributed by atoms with Crippen LogP contribution in [0.4, 0.5) is 5.69 Å². The summed E-state index contributed by atoms with van der Waals surface area (Å²) in [6, 6.07) is 2.90. The Kier molecular flexibility index (Phi) is 5.71. The molecule has 9 heteroatoms. The van der Waals surface area contributed by atoms with Crippen molar-refractivity contribution in [2.75, 3.05) is 25.0 Å². The van der Waals surface area contributed by atoms with E-state index in [0.29, 0.717) is 19.1 Å². The van der Waals surface area contributed by atoms with Crippen molar-refractivity contribution in [3.63, 3.8) is 0 Å². The summed E-state index contributed by atoms with van der Waals surface area (Å²) in [5, 5.41) is 7.14. The second-order valence-corrected chi connectivity index (χ2v) is 5.86. The quantitative estimate of drug-likeness (QED) is 0.665. The molecule has 0 spiro atoms. The predicted octanol–water partition coefficient (Wildman–Crippen LogP) is 0.322. The van der Waals surface area contributed by atoms with Gasteiger partial charge < -0.3 is 14.6 Å². The van der Waals surface area contributed by atoms with Crippen LogP contribution >= 0.6 is 0 Å². The van der Waals surface area contributed by atoms with Gasteiger partial charge in [-0.2, -0.15) is 0 Å². The molecule has 1 rings (SSSR count). The molecule has 2 N–H and O–H groups in total. The van der Waals surface area contributed by atoms with Crippen LogP contribution in [0.3, 0.4) is 0 Å². The third-order valence-electron chi connectivity index (χ3n) is 2.35. The van der Waals surface area contributed by atoms with Crippen LogP contribution in [-0.2, 0) is 19.6 Å². The van der Waals surface area contributed by atoms with Gasteiger partial charge in [0.15, 0.2) is 5.25 Å². The minimum absolute atomic E-state index is 0.164. The molecule has 0 saturated heterocycles. The van der Waals surface area contributed by atoms with E-state index in [1.165, 1.54) is 25.4 Å². The van der Waals surface area contributed by atoms with Crippen LogP contribution < -0.4 is 9.46 Å². The number of pyridine rings is 1. The minimum atomic E-state index is -4.00. The first-order valence-corrected chi connectivity index (χ1v) is 7.23. The number of sulfonamides is 1. The van der Waals surface area contributed by atoms with Gasteiger partial charge in [-0.25, -0.2) is 13.4 Å². The first-order chi connectivity index (χ1) is 9.36. The number of rotatable bonds is 8. The SMILES string of the molecule is COCCOc1ccc(NS(=O)(=O)C(C)C(=O)O)cn1. The smallest absolute Gasteiger partial charge is 0.323 e. The van der Waals surface area contributed by atoms with Gasteiger partial charge in [-0.1, -0.05) is 0 Å². The average Bonchev–Trinajstić information content (AvgIpc) is 2.39. The zero-order chi connectivity index (χ0) is 15.2. The van der Waals surface area contributed by atoms with Crippen molar-refractivity contribution in [2.45, 2.75) is 12.2 Å². The molecular weight excluding hydrogens is 288 g/mol. The average molecular weight is 304 g/mol. The number of nitrogens with one attached hydrogen (secondary N) is 1. The Hall–Kier alpha value is -1.87. The maximum Gasteiger partial charge on any atom is 0.323 e. The summed E-state index contributed by atoms with van der Waals surface area (Å²) in [6.45, 7) is 1.82. The van der Waals surface area contributed by atoms with Crippen LogP contribution in [0, 0.1) is 0 Å². The third kappa shape index (κ3) is 4.67. The van der Waals surface area contributed by atoms with Gasteiger partial charge in [-0.15, -0.1) is 0 Å². The summed E-state index contributed by atoms with van der Waals surface area (Å²) in [5.41, 5.74) is 0.164. The molecule has 0 amide bonds. The van der Waals surface area contributed by atoms with Gasteiger partial charge in [0.2, 0.25) is 15.9 Å². The number of aromatic nitrogens is 1. The molecule has 0 bridgehead atoms. The van der Waals surface area contributed by atoms with E-state index in [1.807, 2.05) is 0 Å². The van der Waals surface area contributed by atoms with Crippen LogP contribution in [0.25, 0.3) is 0 Å². The number of carbonyl (C=O) groups is 1. The molecule has 0 saturated carbocycles. The number of methoxy groups -OCH3 is 1. The molecule has 1 atom stereocenters. The van der Waals surface area contributed by atoms with E-state index in [1.54, 1.807) is 0 Å². The van der Waals surface area contributed by atoms with Gasteiger partial charge in [0.1, 0.15) is 6.61 Å². The molecule has 8 nitrogen and oxygen atoms in total. The third-order valence-corrected chi connectivity index (χ3v) is 4.00. The second-order valence-electron chi connectivity index (χ2n) is 3.85. The highest BCUT2D eigenvalue weighted by atomic mass is 32.2. The van der Waals surface area contributed by atoms with Crippen molar-refractivity contribution >= 4 is 21.7 Å². The topological polar surface area (TPSA) is 115 Å². The Morgan fingerprint density at radius 1 is 1.45 bits per heavy atom. The van der Waals surface area contributed by atoms with Gasteiger partial charge in [0.25, 0.3) is 0 Å². The maximum absolute atomic E-state index is 11.7. The highest BCUT2D eigenvalue weighted by Crippen LogP contribution is 2.14. The number of carboxylic acid groups (broad SMARTS) is 1. The van der Waals surface area contributed by atoms with Gasteiger partial charge in [-0.3, -0.25) is 9.52 Å². The fourth-order valence-electron chi connectivity index (χ4n) is 1.14. The fourth-order valence-corrected chi connectivity index (χ4v) is 2.03. The lowest BCUT2D eigenvalue weighted by atomic mass is 10.4. The zero-order valence-electron chi connectivity index (χ0n) is 11.1. The van der Waals surface area contributed by atoms with Crippen LogP contribution in [0.5, 0.6) is 5.88 Å². The summed E-state index contributed by atoms with van der Waals surface area (Å²) in [5.74, 6) is -1.11. The number of hydrogen-bond donors (Lipinski definition) is 2. The number of nitrogens with zero attached hydrogens (tertiary/aromatic N) is 1. The molecular formula is C11H16N2O6S. The molecule has 0 aliphatic rings. The van der Waals surface area contributed by atoms with E-state index >= 15 is 0 Å². The van der Waals surface area contributed by atoms with Gasteiger partial charge in [0.05, 0.1) is 18.5 Å². The van der Waals surface area contributed by atoms with Gasteiger partial charge in [-0.05, 0) is 13.0 Å². The molecule has 1 unspecified atom stereocenters. The molecule has 0 aliphatic carbocycles. The largest absolute Gasteiger partial charge is 0.480 e. The predicted molar refractivity (Wildman–Crippen MR) is 71.2 cm³/mol. The van der Waals surface area contributed by atoms with E-state index in [2.05, 4.69) is 9.71 Å². The Morgan fingerprint density at radius 2 is 2.15 bits per heavy atom. The standard InChI is InChI=1S/C11H16N2O6S/c1-8(11(14)15)20(16,17)13-9-3-4-10(12-7-9)19-6-5-18-2/h3-4,7-8,13H,5-6H2,1-2H3,(H,14,15). The zero-order valence-corrected chi connectivity index (χ0v) is 11.9. The molecule has 1 heterocycles. The monoisotopic (exact) mass is 304 g/mol. The number of hydrogen-bond acceptors (Lipinski definition) is 6. The lowest BCUT2D eigenvalue weighted by Gasteiger charge is -2.11. The molecule has 1 aromatic heterocycles. The van der Waals surface area contributed by atoms with Crippen LogP contribution in [0.2, 0.25) is 0 Å². The first-order valence-electron chi connectivity index (χ1n) is 5.69. The lowest BCUT2D eigenvalue weighted by molar-refractivity contribution is -0.136. The van der Waals surface area contributed by atoms with E-state index in [9.17, 15) is 13.2 Å². The Labute approximate surface area is 116 Å². The fraction of sp³-hybridized carbons (Fsp3) is 0.455.